The maximum absolute atomic E-state index is 12.7. The molecule has 0 atom stereocenters. The Bertz CT molecular complexity index is 723. The van der Waals surface area contributed by atoms with Crippen LogP contribution in [-0.4, -0.2) is 11.3 Å². The minimum Gasteiger partial charge on any atom is -0.289 e. The number of benzene rings is 2. The van der Waals surface area contributed by atoms with Gasteiger partial charge in [-0.25, -0.2) is 0 Å². The maximum Gasteiger partial charge on any atom is 0.442 e. The van der Waals surface area contributed by atoms with Crippen LogP contribution in [0.25, 0.3) is 0 Å². The third kappa shape index (κ3) is 3.78. The molecule has 0 radical (unpaired) electrons. The van der Waals surface area contributed by atoms with Gasteiger partial charge in [0.15, 0.2) is 5.78 Å². The Labute approximate surface area is 136 Å². The topological polar surface area (TPSA) is 17.1 Å². The van der Waals surface area contributed by atoms with Gasteiger partial charge in [0.25, 0.3) is 0 Å². The smallest absolute Gasteiger partial charge is 0.289 e. The molecular weight excluding hydrogens is 321 g/mol. The Morgan fingerprint density at radius 3 is 2.35 bits per heavy atom. The lowest BCUT2D eigenvalue weighted by atomic mass is 9.95. The van der Waals surface area contributed by atoms with Crippen molar-refractivity contribution in [1.29, 1.82) is 0 Å². The monoisotopic (exact) mass is 336 g/mol. The average molecular weight is 336 g/mol. The molecule has 0 saturated carbocycles. The highest BCUT2D eigenvalue weighted by atomic mass is 32.2. The molecular formula is C18H15F3OS. The normalized spacial score (nSPS) is 13.9. The highest BCUT2D eigenvalue weighted by Crippen LogP contribution is 2.36. The van der Waals surface area contributed by atoms with Gasteiger partial charge >= 0.3 is 5.51 Å². The second-order valence-corrected chi connectivity index (χ2v) is 6.60. The summed E-state index contributed by atoms with van der Waals surface area (Å²) in [7, 11) is 0. The van der Waals surface area contributed by atoms with Crippen LogP contribution in [0.2, 0.25) is 0 Å². The third-order valence-electron chi connectivity index (χ3n) is 3.99. The van der Waals surface area contributed by atoms with E-state index in [4.69, 9.17) is 0 Å². The maximum atomic E-state index is 12.7. The summed E-state index contributed by atoms with van der Waals surface area (Å²) in [5, 5.41) is 0. The SMILES string of the molecule is O=C(c1ccccc1)c1cc2c(cc1CSC(F)(F)F)CCC2. The summed E-state index contributed by atoms with van der Waals surface area (Å²) in [6.07, 6.45) is 2.75. The summed E-state index contributed by atoms with van der Waals surface area (Å²) >= 11 is -0.0933. The quantitative estimate of drug-likeness (QED) is 0.718. The van der Waals surface area contributed by atoms with Crippen molar-refractivity contribution in [3.05, 3.63) is 70.3 Å². The lowest BCUT2D eigenvalue weighted by Gasteiger charge is -2.13. The number of thioether (sulfide) groups is 1. The number of rotatable bonds is 4. The fourth-order valence-corrected chi connectivity index (χ4v) is 3.47. The van der Waals surface area contributed by atoms with Crippen molar-refractivity contribution in [2.45, 2.75) is 30.5 Å². The van der Waals surface area contributed by atoms with Gasteiger partial charge in [-0.05, 0) is 53.8 Å². The molecule has 2 aromatic rings. The van der Waals surface area contributed by atoms with Gasteiger partial charge < -0.3 is 0 Å². The molecule has 3 rings (SSSR count). The van der Waals surface area contributed by atoms with Crippen LogP contribution in [0.5, 0.6) is 0 Å². The molecule has 0 bridgehead atoms. The minimum atomic E-state index is -4.30. The van der Waals surface area contributed by atoms with Gasteiger partial charge in [0.05, 0.1) is 0 Å². The Balaban J connectivity index is 1.98. The molecule has 1 aliphatic carbocycles. The average Bonchev–Trinajstić information content (AvgIpc) is 2.98. The summed E-state index contributed by atoms with van der Waals surface area (Å²) in [6, 6.07) is 12.3. The van der Waals surface area contributed by atoms with Crippen LogP contribution < -0.4 is 0 Å². The van der Waals surface area contributed by atoms with E-state index in [2.05, 4.69) is 0 Å². The van der Waals surface area contributed by atoms with E-state index in [-0.39, 0.29) is 23.3 Å². The van der Waals surface area contributed by atoms with Crippen LogP contribution in [0.4, 0.5) is 13.2 Å². The van der Waals surface area contributed by atoms with Gasteiger partial charge in [-0.2, -0.15) is 13.2 Å². The van der Waals surface area contributed by atoms with Crippen molar-refractivity contribution in [1.82, 2.24) is 0 Å². The van der Waals surface area contributed by atoms with E-state index in [1.807, 2.05) is 0 Å². The number of carbonyl (C=O) groups is 1. The van der Waals surface area contributed by atoms with Gasteiger partial charge in [-0.3, -0.25) is 4.79 Å². The van der Waals surface area contributed by atoms with E-state index in [9.17, 15) is 18.0 Å². The van der Waals surface area contributed by atoms with Crippen LogP contribution in [0.1, 0.15) is 39.0 Å². The third-order valence-corrected chi connectivity index (χ3v) is 4.77. The summed E-state index contributed by atoms with van der Waals surface area (Å²) < 4.78 is 37.6. The van der Waals surface area contributed by atoms with Gasteiger partial charge in [-0.1, -0.05) is 36.4 Å². The minimum absolute atomic E-state index is 0.0933. The molecule has 0 aliphatic heterocycles. The van der Waals surface area contributed by atoms with Crippen molar-refractivity contribution in [3.8, 4) is 0 Å². The first kappa shape index (κ1) is 16.1. The Kier molecular flexibility index (Phi) is 4.48. The molecule has 0 spiro atoms. The lowest BCUT2D eigenvalue weighted by molar-refractivity contribution is -0.0329. The number of hydrogen-bond donors (Lipinski definition) is 0. The first-order chi connectivity index (χ1) is 10.9. The number of aryl methyl sites for hydroxylation is 2. The van der Waals surface area contributed by atoms with E-state index in [0.29, 0.717) is 16.7 Å². The first-order valence-electron chi connectivity index (χ1n) is 7.39. The number of carbonyl (C=O) groups excluding carboxylic acids is 1. The molecule has 120 valence electrons. The highest BCUT2D eigenvalue weighted by molar-refractivity contribution is 7.99. The standard InChI is InChI=1S/C18H15F3OS/c19-18(20,21)23-11-15-9-13-7-4-8-14(13)10-16(15)17(22)12-5-2-1-3-6-12/h1-3,5-6,9-10H,4,7-8,11H2. The van der Waals surface area contributed by atoms with Gasteiger partial charge in [0.1, 0.15) is 0 Å². The second kappa shape index (κ2) is 6.40. The fourth-order valence-electron chi connectivity index (χ4n) is 2.91. The van der Waals surface area contributed by atoms with E-state index in [1.54, 1.807) is 42.5 Å². The molecule has 0 aromatic heterocycles. The summed E-state index contributed by atoms with van der Waals surface area (Å²) in [5.74, 6) is -0.442. The molecule has 0 unspecified atom stereocenters. The number of hydrogen-bond acceptors (Lipinski definition) is 2. The van der Waals surface area contributed by atoms with Gasteiger partial charge in [0.2, 0.25) is 0 Å². The van der Waals surface area contributed by atoms with Crippen LogP contribution >= 0.6 is 11.8 Å². The second-order valence-electron chi connectivity index (χ2n) is 5.56. The molecule has 5 heteroatoms. The molecule has 1 nitrogen and oxygen atoms in total. The number of halogens is 3. The molecule has 0 fully saturated rings. The molecule has 2 aromatic carbocycles. The largest absolute Gasteiger partial charge is 0.442 e. The van der Waals surface area contributed by atoms with E-state index < -0.39 is 5.51 Å². The molecule has 0 heterocycles. The van der Waals surface area contributed by atoms with Gasteiger partial charge in [0, 0.05) is 16.9 Å². The zero-order chi connectivity index (χ0) is 16.4. The van der Waals surface area contributed by atoms with Crippen molar-refractivity contribution in [3.63, 3.8) is 0 Å². The Hall–Kier alpha value is -1.75. The van der Waals surface area contributed by atoms with E-state index in [0.717, 1.165) is 30.4 Å². The zero-order valence-corrected chi connectivity index (χ0v) is 13.1. The molecule has 0 N–H and O–H groups in total. The molecule has 0 amide bonds. The van der Waals surface area contributed by atoms with Crippen LogP contribution in [-0.2, 0) is 18.6 Å². The fraction of sp³-hybridized carbons (Fsp3) is 0.278. The first-order valence-corrected chi connectivity index (χ1v) is 8.38. The van der Waals surface area contributed by atoms with Crippen LogP contribution in [0, 0.1) is 0 Å². The molecule has 0 saturated heterocycles. The molecule has 1 aliphatic rings. The summed E-state index contributed by atoms with van der Waals surface area (Å²) in [6.45, 7) is 0. The Morgan fingerprint density at radius 1 is 1.04 bits per heavy atom. The van der Waals surface area contributed by atoms with Crippen LogP contribution in [0.3, 0.4) is 0 Å². The summed E-state index contributed by atoms with van der Waals surface area (Å²) in [5.41, 5.74) is -0.761. The number of ketones is 1. The molecule has 23 heavy (non-hydrogen) atoms. The lowest BCUT2D eigenvalue weighted by Crippen LogP contribution is -2.08. The predicted molar refractivity (Wildman–Crippen MR) is 85.7 cm³/mol. The van der Waals surface area contributed by atoms with Gasteiger partial charge in [-0.15, -0.1) is 0 Å². The summed E-state index contributed by atoms with van der Waals surface area (Å²) in [4.78, 5) is 12.7. The number of fused-ring (bicyclic) bond motifs is 1. The van der Waals surface area contributed by atoms with Crippen LogP contribution in [0.15, 0.2) is 42.5 Å². The predicted octanol–water partition coefficient (Wildman–Crippen LogP) is 5.16. The van der Waals surface area contributed by atoms with Crippen molar-refractivity contribution in [2.75, 3.05) is 0 Å². The number of alkyl halides is 3. The van der Waals surface area contributed by atoms with Crippen molar-refractivity contribution >= 4 is 17.5 Å². The van der Waals surface area contributed by atoms with Crippen molar-refractivity contribution in [2.24, 2.45) is 0 Å². The van der Waals surface area contributed by atoms with E-state index >= 15 is 0 Å². The zero-order valence-electron chi connectivity index (χ0n) is 12.3. The van der Waals surface area contributed by atoms with Crippen molar-refractivity contribution < 1.29 is 18.0 Å². The van der Waals surface area contributed by atoms with E-state index in [1.165, 1.54) is 0 Å². The Morgan fingerprint density at radius 2 is 1.70 bits per heavy atom. The highest BCUT2D eigenvalue weighted by Gasteiger charge is 2.29.